The van der Waals surface area contributed by atoms with Crippen LogP contribution in [0.15, 0.2) is 11.4 Å². The summed E-state index contributed by atoms with van der Waals surface area (Å²) in [5, 5.41) is 2.02. The molecule has 0 aliphatic heterocycles. The first kappa shape index (κ1) is 12.8. The zero-order chi connectivity index (χ0) is 12.1. The van der Waals surface area contributed by atoms with Crippen LogP contribution < -0.4 is 5.73 Å². The molecular formula is C12H16N2OS. The van der Waals surface area contributed by atoms with E-state index in [1.165, 1.54) is 10.4 Å². The number of aryl methyl sites for hydroxylation is 1. The molecule has 16 heavy (non-hydrogen) atoms. The second-order valence-corrected chi connectivity index (χ2v) is 4.74. The standard InChI is InChI=1S/C12H16N2OS/c1-4-5-10(13)12(15)14(3)8-11-9(2)6-7-16-11/h1,6-7,10H,5,8,13H2,2-3H3. The third-order valence-corrected chi connectivity index (χ3v) is 3.39. The summed E-state index contributed by atoms with van der Waals surface area (Å²) in [7, 11) is 1.75. The van der Waals surface area contributed by atoms with Gasteiger partial charge in [0.05, 0.1) is 12.6 Å². The SMILES string of the molecule is C#CCC(N)C(=O)N(C)Cc1sccc1C. The van der Waals surface area contributed by atoms with E-state index in [0.717, 1.165) is 0 Å². The Balaban J connectivity index is 2.59. The first-order chi connectivity index (χ1) is 7.56. The molecule has 0 spiro atoms. The van der Waals surface area contributed by atoms with Gasteiger partial charge in [-0.15, -0.1) is 23.7 Å². The van der Waals surface area contributed by atoms with Crippen molar-refractivity contribution >= 4 is 17.2 Å². The molecule has 0 radical (unpaired) electrons. The summed E-state index contributed by atoms with van der Waals surface area (Å²) in [5.41, 5.74) is 6.87. The molecule has 1 amide bonds. The van der Waals surface area contributed by atoms with E-state index in [-0.39, 0.29) is 12.3 Å². The summed E-state index contributed by atoms with van der Waals surface area (Å²) < 4.78 is 0. The van der Waals surface area contributed by atoms with Crippen LogP contribution in [0.3, 0.4) is 0 Å². The van der Waals surface area contributed by atoms with Gasteiger partial charge in [-0.2, -0.15) is 0 Å². The van der Waals surface area contributed by atoms with E-state index in [2.05, 4.69) is 5.92 Å². The van der Waals surface area contributed by atoms with Gasteiger partial charge in [0.15, 0.2) is 0 Å². The van der Waals surface area contributed by atoms with E-state index >= 15 is 0 Å². The fourth-order valence-electron chi connectivity index (χ4n) is 1.36. The number of hydrogen-bond donors (Lipinski definition) is 1. The molecule has 0 aliphatic carbocycles. The maximum absolute atomic E-state index is 11.8. The lowest BCUT2D eigenvalue weighted by atomic mass is 10.2. The lowest BCUT2D eigenvalue weighted by Crippen LogP contribution is -2.41. The van der Waals surface area contributed by atoms with Gasteiger partial charge in [-0.05, 0) is 23.9 Å². The Morgan fingerprint density at radius 1 is 1.75 bits per heavy atom. The average molecular weight is 236 g/mol. The minimum atomic E-state index is -0.588. The quantitative estimate of drug-likeness (QED) is 0.802. The average Bonchev–Trinajstić information content (AvgIpc) is 2.63. The van der Waals surface area contributed by atoms with Crippen LogP contribution in [-0.2, 0) is 11.3 Å². The number of nitrogens with zero attached hydrogens (tertiary/aromatic N) is 1. The van der Waals surface area contributed by atoms with Gasteiger partial charge < -0.3 is 10.6 Å². The Kier molecular flexibility index (Phi) is 4.53. The molecule has 1 heterocycles. The van der Waals surface area contributed by atoms with Crippen molar-refractivity contribution in [2.75, 3.05) is 7.05 Å². The highest BCUT2D eigenvalue weighted by Crippen LogP contribution is 2.17. The molecule has 3 nitrogen and oxygen atoms in total. The van der Waals surface area contributed by atoms with Gasteiger partial charge in [0.2, 0.25) is 5.91 Å². The number of amides is 1. The number of carbonyl (C=O) groups excluding carboxylic acids is 1. The summed E-state index contributed by atoms with van der Waals surface area (Å²) in [4.78, 5) is 14.6. The van der Waals surface area contributed by atoms with Crippen molar-refractivity contribution in [2.24, 2.45) is 5.73 Å². The van der Waals surface area contributed by atoms with Crippen LogP contribution in [0.2, 0.25) is 0 Å². The molecule has 0 aromatic carbocycles. The third-order valence-electron chi connectivity index (χ3n) is 2.38. The number of thiophene rings is 1. The normalized spacial score (nSPS) is 11.9. The van der Waals surface area contributed by atoms with Crippen molar-refractivity contribution in [3.05, 3.63) is 21.9 Å². The number of nitrogens with two attached hydrogens (primary N) is 1. The zero-order valence-corrected chi connectivity index (χ0v) is 10.4. The van der Waals surface area contributed by atoms with E-state index in [1.54, 1.807) is 23.3 Å². The molecule has 4 heteroatoms. The summed E-state index contributed by atoms with van der Waals surface area (Å²) in [5.74, 6) is 2.30. The molecule has 1 atom stereocenters. The fourth-order valence-corrected chi connectivity index (χ4v) is 2.32. The van der Waals surface area contributed by atoms with Gasteiger partial charge >= 0.3 is 0 Å². The largest absolute Gasteiger partial charge is 0.339 e. The van der Waals surface area contributed by atoms with Gasteiger partial charge in [-0.1, -0.05) is 0 Å². The second kappa shape index (κ2) is 5.69. The first-order valence-corrected chi connectivity index (χ1v) is 5.91. The highest BCUT2D eigenvalue weighted by molar-refractivity contribution is 7.10. The van der Waals surface area contributed by atoms with E-state index < -0.39 is 6.04 Å². The molecular weight excluding hydrogens is 220 g/mol. The van der Waals surface area contributed by atoms with Gasteiger partial charge in [-0.3, -0.25) is 4.79 Å². The molecule has 0 bridgehead atoms. The summed E-state index contributed by atoms with van der Waals surface area (Å²) in [6, 6.07) is 1.45. The fraction of sp³-hybridized carbons (Fsp3) is 0.417. The van der Waals surface area contributed by atoms with E-state index in [0.29, 0.717) is 6.54 Å². The van der Waals surface area contributed by atoms with Gasteiger partial charge in [-0.25, -0.2) is 0 Å². The highest BCUT2D eigenvalue weighted by Gasteiger charge is 2.17. The minimum absolute atomic E-state index is 0.106. The number of rotatable bonds is 4. The van der Waals surface area contributed by atoms with Crippen LogP contribution in [0.25, 0.3) is 0 Å². The lowest BCUT2D eigenvalue weighted by Gasteiger charge is -2.20. The first-order valence-electron chi connectivity index (χ1n) is 5.03. The van der Waals surface area contributed by atoms with Crippen molar-refractivity contribution < 1.29 is 4.79 Å². The Hall–Kier alpha value is -1.31. The molecule has 0 saturated carbocycles. The molecule has 1 rings (SSSR count). The number of likely N-dealkylation sites (N-methyl/N-ethyl adjacent to an activating group) is 1. The Morgan fingerprint density at radius 3 is 2.94 bits per heavy atom. The van der Waals surface area contributed by atoms with Crippen molar-refractivity contribution in [1.29, 1.82) is 0 Å². The second-order valence-electron chi connectivity index (χ2n) is 3.74. The van der Waals surface area contributed by atoms with Gasteiger partial charge in [0, 0.05) is 18.3 Å². The van der Waals surface area contributed by atoms with Crippen molar-refractivity contribution in [3.8, 4) is 12.3 Å². The van der Waals surface area contributed by atoms with E-state index in [4.69, 9.17) is 12.2 Å². The summed E-state index contributed by atoms with van der Waals surface area (Å²) >= 11 is 1.65. The number of hydrogen-bond acceptors (Lipinski definition) is 3. The third kappa shape index (κ3) is 3.09. The summed E-state index contributed by atoms with van der Waals surface area (Å²) in [6.45, 7) is 2.63. The number of terminal acetylenes is 1. The van der Waals surface area contributed by atoms with Crippen LogP contribution in [0.5, 0.6) is 0 Å². The highest BCUT2D eigenvalue weighted by atomic mass is 32.1. The molecule has 1 aromatic heterocycles. The molecule has 0 saturated heterocycles. The maximum atomic E-state index is 11.8. The predicted octanol–water partition coefficient (Wildman–Crippen LogP) is 1.37. The Labute approximate surface area is 100 Å². The van der Waals surface area contributed by atoms with Gasteiger partial charge in [0.1, 0.15) is 0 Å². The van der Waals surface area contributed by atoms with Crippen LogP contribution in [0, 0.1) is 19.3 Å². The number of carbonyl (C=O) groups is 1. The Bertz CT molecular complexity index is 405. The van der Waals surface area contributed by atoms with Crippen LogP contribution in [-0.4, -0.2) is 23.9 Å². The Morgan fingerprint density at radius 2 is 2.44 bits per heavy atom. The maximum Gasteiger partial charge on any atom is 0.240 e. The monoisotopic (exact) mass is 236 g/mol. The van der Waals surface area contributed by atoms with Crippen molar-refractivity contribution in [1.82, 2.24) is 4.90 Å². The van der Waals surface area contributed by atoms with Crippen LogP contribution in [0.1, 0.15) is 16.9 Å². The van der Waals surface area contributed by atoms with Crippen molar-refractivity contribution in [2.45, 2.75) is 25.9 Å². The molecule has 1 aromatic rings. The molecule has 0 fully saturated rings. The lowest BCUT2D eigenvalue weighted by molar-refractivity contribution is -0.131. The minimum Gasteiger partial charge on any atom is -0.339 e. The van der Waals surface area contributed by atoms with E-state index in [1.807, 2.05) is 18.4 Å². The smallest absolute Gasteiger partial charge is 0.240 e. The topological polar surface area (TPSA) is 46.3 Å². The molecule has 0 aliphatic rings. The van der Waals surface area contributed by atoms with Crippen LogP contribution >= 0.6 is 11.3 Å². The zero-order valence-electron chi connectivity index (χ0n) is 9.56. The van der Waals surface area contributed by atoms with Crippen LogP contribution in [0.4, 0.5) is 0 Å². The van der Waals surface area contributed by atoms with Crippen molar-refractivity contribution in [3.63, 3.8) is 0 Å². The molecule has 86 valence electrons. The molecule has 2 N–H and O–H groups in total. The molecule has 1 unspecified atom stereocenters. The van der Waals surface area contributed by atoms with E-state index in [9.17, 15) is 4.79 Å². The predicted molar refractivity (Wildman–Crippen MR) is 67.0 cm³/mol. The van der Waals surface area contributed by atoms with Gasteiger partial charge in [0.25, 0.3) is 0 Å². The summed E-state index contributed by atoms with van der Waals surface area (Å²) in [6.07, 6.45) is 5.41.